The maximum absolute atomic E-state index is 13.3. The fourth-order valence-corrected chi connectivity index (χ4v) is 6.36. The van der Waals surface area contributed by atoms with Crippen LogP contribution in [0.3, 0.4) is 0 Å². The normalized spacial score (nSPS) is 32.7. The summed E-state index contributed by atoms with van der Waals surface area (Å²) in [6.45, 7) is 0. The molecule has 4 saturated carbocycles. The van der Waals surface area contributed by atoms with Crippen molar-refractivity contribution in [3.05, 3.63) is 60.7 Å². The van der Waals surface area contributed by atoms with Crippen molar-refractivity contribution in [3.8, 4) is 0 Å². The Morgan fingerprint density at radius 2 is 1.07 bits per heavy atom. The quantitative estimate of drug-likeness (QED) is 0.804. The molecule has 0 heterocycles. The predicted molar refractivity (Wildman–Crippen MR) is 110 cm³/mol. The maximum atomic E-state index is 13.3. The van der Waals surface area contributed by atoms with E-state index in [9.17, 15) is 9.59 Å². The van der Waals surface area contributed by atoms with Gasteiger partial charge in [-0.05, 0) is 74.6 Å². The Kier molecular flexibility index (Phi) is 4.04. The number of nitrogens with one attached hydrogen (secondary N) is 2. The van der Waals surface area contributed by atoms with Crippen LogP contribution in [0, 0.1) is 22.7 Å². The van der Waals surface area contributed by atoms with Gasteiger partial charge in [-0.1, -0.05) is 36.4 Å². The molecular weight excluding hydrogens is 348 g/mol. The lowest BCUT2D eigenvalue weighted by molar-refractivity contribution is -0.161. The molecule has 0 radical (unpaired) electrons. The average Bonchev–Trinajstić information content (AvgIpc) is 2.68. The van der Waals surface area contributed by atoms with Crippen LogP contribution in [0.1, 0.15) is 38.5 Å². The summed E-state index contributed by atoms with van der Waals surface area (Å²) >= 11 is 0. The van der Waals surface area contributed by atoms with E-state index < -0.39 is 10.8 Å². The summed E-state index contributed by atoms with van der Waals surface area (Å²) in [6.07, 6.45) is 5.52. The van der Waals surface area contributed by atoms with Crippen LogP contribution in [0.4, 0.5) is 11.4 Å². The van der Waals surface area contributed by atoms with Gasteiger partial charge in [-0.2, -0.15) is 0 Å². The molecule has 0 atom stereocenters. The highest BCUT2D eigenvalue weighted by atomic mass is 16.2. The summed E-state index contributed by atoms with van der Waals surface area (Å²) < 4.78 is 0. The zero-order chi connectivity index (χ0) is 19.2. The Bertz CT molecular complexity index is 808. The van der Waals surface area contributed by atoms with Gasteiger partial charge in [0.15, 0.2) is 0 Å². The number of carbonyl (C=O) groups excluding carboxylic acids is 2. The first-order valence-electron chi connectivity index (χ1n) is 10.3. The molecular formula is C24H26N2O2. The summed E-state index contributed by atoms with van der Waals surface area (Å²) in [5.41, 5.74) is 0.860. The lowest BCUT2D eigenvalue weighted by Crippen LogP contribution is -2.59. The van der Waals surface area contributed by atoms with Crippen molar-refractivity contribution in [2.45, 2.75) is 38.5 Å². The third kappa shape index (κ3) is 2.92. The predicted octanol–water partition coefficient (Wildman–Crippen LogP) is 4.85. The van der Waals surface area contributed by atoms with Gasteiger partial charge in [-0.25, -0.2) is 0 Å². The Morgan fingerprint density at radius 1 is 0.679 bits per heavy atom. The van der Waals surface area contributed by atoms with E-state index in [1.165, 1.54) is 6.42 Å². The Labute approximate surface area is 165 Å². The molecule has 0 aromatic heterocycles. The van der Waals surface area contributed by atoms with Crippen molar-refractivity contribution in [1.82, 2.24) is 0 Å². The van der Waals surface area contributed by atoms with Crippen LogP contribution in [-0.2, 0) is 9.59 Å². The molecule has 4 aliphatic carbocycles. The van der Waals surface area contributed by atoms with Gasteiger partial charge < -0.3 is 10.6 Å². The third-order valence-corrected chi connectivity index (χ3v) is 7.09. The molecule has 4 nitrogen and oxygen atoms in total. The summed E-state index contributed by atoms with van der Waals surface area (Å²) in [7, 11) is 0. The third-order valence-electron chi connectivity index (χ3n) is 7.09. The van der Waals surface area contributed by atoms with E-state index >= 15 is 0 Å². The number of hydrogen-bond donors (Lipinski definition) is 2. The van der Waals surface area contributed by atoms with Crippen molar-refractivity contribution in [2.24, 2.45) is 22.7 Å². The highest BCUT2D eigenvalue weighted by Gasteiger charge is 2.63. The first kappa shape index (κ1) is 17.5. The number of rotatable bonds is 4. The van der Waals surface area contributed by atoms with E-state index in [0.717, 1.165) is 37.1 Å². The minimum atomic E-state index is -0.409. The minimum absolute atomic E-state index is 0.102. The zero-order valence-corrected chi connectivity index (χ0v) is 16.0. The van der Waals surface area contributed by atoms with Gasteiger partial charge in [-0.15, -0.1) is 0 Å². The lowest BCUT2D eigenvalue weighted by atomic mass is 9.43. The van der Waals surface area contributed by atoms with Gasteiger partial charge in [-0.3, -0.25) is 9.59 Å². The van der Waals surface area contributed by atoms with Gasteiger partial charge in [0.2, 0.25) is 11.8 Å². The van der Waals surface area contributed by atoms with Crippen LogP contribution in [0.5, 0.6) is 0 Å². The number of anilines is 2. The van der Waals surface area contributed by atoms with Gasteiger partial charge in [0.25, 0.3) is 0 Å². The second kappa shape index (κ2) is 6.47. The maximum Gasteiger partial charge on any atom is 0.230 e. The van der Waals surface area contributed by atoms with Crippen molar-refractivity contribution in [3.63, 3.8) is 0 Å². The highest BCUT2D eigenvalue weighted by Crippen LogP contribution is 2.65. The summed E-state index contributed by atoms with van der Waals surface area (Å²) in [6, 6.07) is 19.3. The molecule has 4 heteroatoms. The molecule has 0 saturated heterocycles. The molecule has 2 aromatic carbocycles. The summed E-state index contributed by atoms with van der Waals surface area (Å²) in [5, 5.41) is 6.27. The van der Waals surface area contributed by atoms with Gasteiger partial charge >= 0.3 is 0 Å². The minimum Gasteiger partial charge on any atom is -0.326 e. The molecule has 2 amide bonds. The number of amides is 2. The highest BCUT2D eigenvalue weighted by molar-refractivity contribution is 5.99. The second-order valence-corrected chi connectivity index (χ2v) is 9.16. The van der Waals surface area contributed by atoms with E-state index in [2.05, 4.69) is 10.6 Å². The van der Waals surface area contributed by atoms with E-state index in [1.54, 1.807) is 0 Å². The Balaban J connectivity index is 1.41. The molecule has 0 aliphatic heterocycles. The van der Waals surface area contributed by atoms with Crippen molar-refractivity contribution in [2.75, 3.05) is 10.6 Å². The molecule has 6 rings (SSSR count). The number of benzene rings is 2. The van der Waals surface area contributed by atoms with E-state index in [0.29, 0.717) is 18.3 Å². The van der Waals surface area contributed by atoms with Crippen LogP contribution in [0.2, 0.25) is 0 Å². The molecule has 0 spiro atoms. The van der Waals surface area contributed by atoms with Crippen LogP contribution in [0.25, 0.3) is 0 Å². The first-order valence-corrected chi connectivity index (χ1v) is 10.3. The van der Waals surface area contributed by atoms with Crippen molar-refractivity contribution in [1.29, 1.82) is 0 Å². The van der Waals surface area contributed by atoms with Gasteiger partial charge in [0.1, 0.15) is 0 Å². The fraction of sp³-hybridized carbons (Fsp3) is 0.417. The van der Waals surface area contributed by atoms with E-state index in [-0.39, 0.29) is 11.8 Å². The topological polar surface area (TPSA) is 58.2 Å². The Hall–Kier alpha value is -2.62. The molecule has 144 valence electrons. The first-order chi connectivity index (χ1) is 13.6. The van der Waals surface area contributed by atoms with Crippen LogP contribution in [0.15, 0.2) is 60.7 Å². The largest absolute Gasteiger partial charge is 0.326 e. The SMILES string of the molecule is O=C(Nc1ccccc1)C12CC3CC(C1)CC(C(=O)Nc1ccccc1)(C3)C2. The van der Waals surface area contributed by atoms with Crippen molar-refractivity contribution >= 4 is 23.2 Å². The molecule has 28 heavy (non-hydrogen) atoms. The van der Waals surface area contributed by atoms with Crippen molar-refractivity contribution < 1.29 is 9.59 Å². The summed E-state index contributed by atoms with van der Waals surface area (Å²) in [4.78, 5) is 26.7. The molecule has 2 aromatic rings. The van der Waals surface area contributed by atoms with Crippen LogP contribution >= 0.6 is 0 Å². The fourth-order valence-electron chi connectivity index (χ4n) is 6.36. The van der Waals surface area contributed by atoms with Crippen LogP contribution < -0.4 is 10.6 Å². The van der Waals surface area contributed by atoms with Gasteiger partial charge in [0, 0.05) is 11.4 Å². The zero-order valence-electron chi connectivity index (χ0n) is 16.0. The molecule has 4 bridgehead atoms. The number of hydrogen-bond acceptors (Lipinski definition) is 2. The van der Waals surface area contributed by atoms with E-state index in [1.807, 2.05) is 60.7 Å². The average molecular weight is 374 g/mol. The number of carbonyl (C=O) groups is 2. The van der Waals surface area contributed by atoms with Crippen LogP contribution in [-0.4, -0.2) is 11.8 Å². The molecule has 4 fully saturated rings. The monoisotopic (exact) mass is 374 g/mol. The molecule has 4 aliphatic rings. The lowest BCUT2D eigenvalue weighted by Gasteiger charge is -2.60. The smallest absolute Gasteiger partial charge is 0.230 e. The standard InChI is InChI=1S/C24H26N2O2/c27-21(25-19-7-3-1-4-8-19)23-12-17-11-18(13-23)15-24(14-17,16-23)22(28)26-20-9-5-2-6-10-20/h1-10,17-18H,11-16H2,(H,25,27)(H,26,28). The molecule has 0 unspecified atom stereocenters. The number of para-hydroxylation sites is 2. The molecule has 2 N–H and O–H groups in total. The summed E-state index contributed by atoms with van der Waals surface area (Å²) in [5.74, 6) is 1.16. The Morgan fingerprint density at radius 3 is 1.46 bits per heavy atom. The van der Waals surface area contributed by atoms with Gasteiger partial charge in [0.05, 0.1) is 10.8 Å². The van der Waals surface area contributed by atoms with E-state index in [4.69, 9.17) is 0 Å². The second-order valence-electron chi connectivity index (χ2n) is 9.16.